The number of amides is 2. The van der Waals surface area contributed by atoms with E-state index in [-0.39, 0.29) is 31.4 Å². The number of nitrogens with zero attached hydrogens (tertiary/aromatic N) is 1. The largest absolute Gasteiger partial charge is 0.395 e. The summed E-state index contributed by atoms with van der Waals surface area (Å²) in [4.78, 5) is 24.8. The molecule has 0 radical (unpaired) electrons. The Bertz CT molecular complexity index is 281. The summed E-state index contributed by atoms with van der Waals surface area (Å²) in [7, 11) is 0. The van der Waals surface area contributed by atoms with Crippen LogP contribution in [0.25, 0.3) is 0 Å². The Morgan fingerprint density at radius 1 is 1.47 bits per heavy atom. The molecule has 0 bridgehead atoms. The van der Waals surface area contributed by atoms with Crippen molar-refractivity contribution in [1.29, 1.82) is 0 Å². The molecule has 1 saturated heterocycles. The number of urea groups is 1. The molecule has 17 heavy (non-hydrogen) atoms. The first-order valence-corrected chi connectivity index (χ1v) is 5.87. The molecule has 0 aromatic heterocycles. The first-order chi connectivity index (χ1) is 8.09. The summed E-state index contributed by atoms with van der Waals surface area (Å²) >= 11 is 0. The smallest absolute Gasteiger partial charge is 0.317 e. The van der Waals surface area contributed by atoms with E-state index in [4.69, 9.17) is 0 Å². The van der Waals surface area contributed by atoms with Gasteiger partial charge >= 0.3 is 6.03 Å². The van der Waals surface area contributed by atoms with Gasteiger partial charge in [-0.3, -0.25) is 4.79 Å². The van der Waals surface area contributed by atoms with E-state index in [9.17, 15) is 19.8 Å². The second-order valence-corrected chi connectivity index (χ2v) is 4.34. The van der Waals surface area contributed by atoms with Gasteiger partial charge in [0.05, 0.1) is 18.6 Å². The van der Waals surface area contributed by atoms with E-state index in [2.05, 4.69) is 5.32 Å². The fourth-order valence-corrected chi connectivity index (χ4v) is 1.87. The average molecular weight is 244 g/mol. The van der Waals surface area contributed by atoms with E-state index in [1.165, 1.54) is 0 Å². The second kappa shape index (κ2) is 5.97. The number of nitrogens with one attached hydrogen (secondary N) is 1. The summed E-state index contributed by atoms with van der Waals surface area (Å²) < 4.78 is 0. The summed E-state index contributed by atoms with van der Waals surface area (Å²) in [6, 6.07) is -0.159. The lowest BCUT2D eigenvalue weighted by Gasteiger charge is -2.27. The lowest BCUT2D eigenvalue weighted by molar-refractivity contribution is -0.134. The third-order valence-corrected chi connectivity index (χ3v) is 3.43. The van der Waals surface area contributed by atoms with Crippen LogP contribution in [0.1, 0.15) is 19.8 Å². The van der Waals surface area contributed by atoms with E-state index < -0.39 is 5.41 Å². The lowest BCUT2D eigenvalue weighted by Crippen LogP contribution is -2.40. The molecule has 1 aliphatic rings. The minimum atomic E-state index is -1.06. The van der Waals surface area contributed by atoms with Crippen LogP contribution in [0.2, 0.25) is 0 Å². The van der Waals surface area contributed by atoms with Crippen LogP contribution in [0.5, 0.6) is 0 Å². The lowest BCUT2D eigenvalue weighted by atomic mass is 9.81. The summed E-state index contributed by atoms with van der Waals surface area (Å²) in [6.07, 6.45) is 0.563. The highest BCUT2D eigenvalue weighted by Crippen LogP contribution is 2.23. The van der Waals surface area contributed by atoms with Crippen molar-refractivity contribution in [1.82, 2.24) is 10.2 Å². The van der Waals surface area contributed by atoms with Crippen molar-refractivity contribution >= 4 is 11.8 Å². The SMILES string of the molecule is CCC(CO)(CO)C(=O)CCN1CCNC1=O. The maximum absolute atomic E-state index is 11.9. The van der Waals surface area contributed by atoms with E-state index in [0.717, 1.165) is 0 Å². The molecule has 0 spiro atoms. The van der Waals surface area contributed by atoms with Crippen LogP contribution in [0, 0.1) is 5.41 Å². The molecule has 0 saturated carbocycles. The Morgan fingerprint density at radius 3 is 2.53 bits per heavy atom. The number of aliphatic hydroxyl groups is 2. The molecule has 1 fully saturated rings. The molecule has 0 aliphatic carbocycles. The predicted molar refractivity (Wildman–Crippen MR) is 61.5 cm³/mol. The van der Waals surface area contributed by atoms with Gasteiger partial charge in [0, 0.05) is 26.1 Å². The number of hydrogen-bond donors (Lipinski definition) is 3. The Kier molecular flexibility index (Phi) is 4.89. The third kappa shape index (κ3) is 2.95. The van der Waals surface area contributed by atoms with Gasteiger partial charge in [0.1, 0.15) is 5.78 Å². The average Bonchev–Trinajstić information content (AvgIpc) is 2.75. The first kappa shape index (κ1) is 13.9. The highest BCUT2D eigenvalue weighted by atomic mass is 16.3. The minimum Gasteiger partial charge on any atom is -0.395 e. The molecule has 0 aromatic carbocycles. The van der Waals surface area contributed by atoms with Gasteiger partial charge in [-0.2, -0.15) is 0 Å². The van der Waals surface area contributed by atoms with E-state index in [0.29, 0.717) is 26.1 Å². The van der Waals surface area contributed by atoms with Crippen molar-refractivity contribution < 1.29 is 19.8 Å². The fraction of sp³-hybridized carbons (Fsp3) is 0.818. The normalized spacial score (nSPS) is 16.2. The Labute approximate surface area is 101 Å². The maximum Gasteiger partial charge on any atom is 0.317 e. The molecule has 1 aliphatic heterocycles. The minimum absolute atomic E-state index is 0.159. The van der Waals surface area contributed by atoms with E-state index in [1.807, 2.05) is 0 Å². The maximum atomic E-state index is 11.9. The molecule has 6 nitrogen and oxygen atoms in total. The predicted octanol–water partition coefficient (Wildman–Crippen LogP) is -0.648. The fourth-order valence-electron chi connectivity index (χ4n) is 1.87. The number of rotatable bonds is 7. The Morgan fingerprint density at radius 2 is 2.12 bits per heavy atom. The third-order valence-electron chi connectivity index (χ3n) is 3.43. The van der Waals surface area contributed by atoms with Crippen LogP contribution in [0.15, 0.2) is 0 Å². The first-order valence-electron chi connectivity index (χ1n) is 5.87. The van der Waals surface area contributed by atoms with Crippen LogP contribution in [0.4, 0.5) is 4.79 Å². The van der Waals surface area contributed by atoms with Gasteiger partial charge in [-0.25, -0.2) is 4.79 Å². The zero-order chi connectivity index (χ0) is 12.9. The van der Waals surface area contributed by atoms with E-state index in [1.54, 1.807) is 11.8 Å². The number of carbonyl (C=O) groups is 2. The van der Waals surface area contributed by atoms with Gasteiger partial charge in [-0.1, -0.05) is 6.92 Å². The van der Waals surface area contributed by atoms with Crippen molar-refractivity contribution in [2.24, 2.45) is 5.41 Å². The van der Waals surface area contributed by atoms with Gasteiger partial charge in [-0.15, -0.1) is 0 Å². The van der Waals surface area contributed by atoms with Crippen LogP contribution in [-0.2, 0) is 4.79 Å². The van der Waals surface area contributed by atoms with Gasteiger partial charge in [-0.05, 0) is 6.42 Å². The van der Waals surface area contributed by atoms with E-state index >= 15 is 0 Å². The van der Waals surface area contributed by atoms with Crippen molar-refractivity contribution in [3.05, 3.63) is 0 Å². The summed E-state index contributed by atoms with van der Waals surface area (Å²) in [6.45, 7) is 2.59. The Hall–Kier alpha value is -1.14. The van der Waals surface area contributed by atoms with Crippen molar-refractivity contribution in [2.45, 2.75) is 19.8 Å². The molecule has 2 amide bonds. The quantitative estimate of drug-likeness (QED) is 0.555. The molecule has 6 heteroatoms. The standard InChI is InChI=1S/C11H20N2O4/c1-2-11(7-14,8-15)9(16)3-5-13-6-4-12-10(13)17/h14-15H,2-8H2,1H3,(H,12,17). The van der Waals surface area contributed by atoms with Crippen LogP contribution in [0.3, 0.4) is 0 Å². The van der Waals surface area contributed by atoms with Gasteiger partial charge in [0.15, 0.2) is 0 Å². The van der Waals surface area contributed by atoms with Gasteiger partial charge in [0.2, 0.25) is 0 Å². The molecule has 0 aromatic rings. The van der Waals surface area contributed by atoms with Crippen molar-refractivity contribution in [2.75, 3.05) is 32.8 Å². The molecule has 1 heterocycles. The molecule has 0 unspecified atom stereocenters. The van der Waals surface area contributed by atoms with Gasteiger partial charge in [0.25, 0.3) is 0 Å². The molecule has 1 rings (SSSR count). The van der Waals surface area contributed by atoms with Crippen molar-refractivity contribution in [3.63, 3.8) is 0 Å². The number of aliphatic hydroxyl groups excluding tert-OH is 2. The molecular weight excluding hydrogens is 224 g/mol. The van der Waals surface area contributed by atoms with Crippen LogP contribution >= 0.6 is 0 Å². The summed E-state index contributed by atoms with van der Waals surface area (Å²) in [5.41, 5.74) is -1.06. The van der Waals surface area contributed by atoms with Crippen LogP contribution < -0.4 is 5.32 Å². The summed E-state index contributed by atoms with van der Waals surface area (Å²) in [5.74, 6) is -0.190. The molecular formula is C11H20N2O4. The number of ketones is 1. The topological polar surface area (TPSA) is 89.9 Å². The zero-order valence-corrected chi connectivity index (χ0v) is 10.1. The summed E-state index contributed by atoms with van der Waals surface area (Å²) in [5, 5.41) is 21.1. The highest BCUT2D eigenvalue weighted by Gasteiger charge is 2.35. The molecule has 3 N–H and O–H groups in total. The van der Waals surface area contributed by atoms with Gasteiger partial charge < -0.3 is 20.4 Å². The highest BCUT2D eigenvalue weighted by molar-refractivity contribution is 5.86. The molecule has 0 atom stereocenters. The van der Waals surface area contributed by atoms with Crippen LogP contribution in [-0.4, -0.2) is 59.8 Å². The molecule has 98 valence electrons. The Balaban J connectivity index is 2.50. The number of Topliss-reactive ketones (excluding diaryl/α,β-unsaturated/α-hetero) is 1. The van der Waals surface area contributed by atoms with Crippen molar-refractivity contribution in [3.8, 4) is 0 Å². The zero-order valence-electron chi connectivity index (χ0n) is 10.1. The number of hydrogen-bond acceptors (Lipinski definition) is 4. The number of carbonyl (C=O) groups excluding carboxylic acids is 2. The monoisotopic (exact) mass is 244 g/mol. The second-order valence-electron chi connectivity index (χ2n) is 4.34.